The van der Waals surface area contributed by atoms with Gasteiger partial charge in [0.25, 0.3) is 10.0 Å². The number of sulfonamides is 1. The maximum Gasteiger partial charge on any atom is 0.264 e. The Labute approximate surface area is 214 Å². The second kappa shape index (κ2) is 11.5. The van der Waals surface area contributed by atoms with Crippen molar-refractivity contribution in [3.63, 3.8) is 0 Å². The molecule has 0 aliphatic heterocycles. The summed E-state index contributed by atoms with van der Waals surface area (Å²) in [7, 11) is -2.55. The molecule has 1 unspecified atom stereocenters. The average Bonchev–Trinajstić information content (AvgIpc) is 2.85. The van der Waals surface area contributed by atoms with Crippen LogP contribution in [0.5, 0.6) is 0 Å². The first-order chi connectivity index (χ1) is 16.6. The number of anilines is 1. The highest BCUT2D eigenvalue weighted by Crippen LogP contribution is 2.25. The number of benzene rings is 3. The van der Waals surface area contributed by atoms with Gasteiger partial charge in [0.15, 0.2) is 0 Å². The fourth-order valence-corrected chi connectivity index (χ4v) is 5.53. The zero-order valence-electron chi connectivity index (χ0n) is 19.8. The molecule has 0 saturated carbocycles. The number of carbonyl (C=O) groups is 2. The van der Waals surface area contributed by atoms with E-state index in [0.717, 1.165) is 19.9 Å². The minimum Gasteiger partial charge on any atom is -0.357 e. The van der Waals surface area contributed by atoms with Crippen LogP contribution in [0.1, 0.15) is 18.1 Å². The number of aryl methyl sites for hydroxylation is 1. The van der Waals surface area contributed by atoms with Gasteiger partial charge in [0, 0.05) is 18.1 Å². The number of nitrogens with one attached hydrogen (secondary N) is 1. The summed E-state index contributed by atoms with van der Waals surface area (Å²) in [5.41, 5.74) is 2.03. The lowest BCUT2D eigenvalue weighted by Gasteiger charge is -2.32. The molecule has 9 heteroatoms. The number of amides is 2. The van der Waals surface area contributed by atoms with E-state index in [-0.39, 0.29) is 17.3 Å². The molecular weight excluding hydrogens is 530 g/mol. The van der Waals surface area contributed by atoms with E-state index in [1.165, 1.54) is 24.1 Å². The van der Waals surface area contributed by atoms with Gasteiger partial charge in [-0.05, 0) is 61.4 Å². The van der Waals surface area contributed by atoms with Crippen molar-refractivity contribution in [2.24, 2.45) is 0 Å². The molecule has 3 aromatic rings. The number of rotatable bonds is 9. The standard InChI is InChI=1S/C26H28BrN3O4S/c1-19-9-7-12-23(15-19)30(35(33,34)24-13-5-4-6-14-24)18-25(31)29(20(2)26(32)28-3)17-21-10-8-11-22(27)16-21/h4-16,20H,17-18H2,1-3H3,(H,28,32). The van der Waals surface area contributed by atoms with Crippen molar-refractivity contribution in [3.8, 4) is 0 Å². The molecule has 184 valence electrons. The SMILES string of the molecule is CNC(=O)C(C)N(Cc1cccc(Br)c1)C(=O)CN(c1cccc(C)c1)S(=O)(=O)c1ccccc1. The van der Waals surface area contributed by atoms with Gasteiger partial charge in [0.1, 0.15) is 12.6 Å². The summed E-state index contributed by atoms with van der Waals surface area (Å²) in [6, 6.07) is 21.6. The van der Waals surface area contributed by atoms with Gasteiger partial charge in [-0.1, -0.05) is 58.4 Å². The van der Waals surface area contributed by atoms with Gasteiger partial charge < -0.3 is 10.2 Å². The molecule has 0 aromatic heterocycles. The molecule has 0 heterocycles. The first kappa shape index (κ1) is 26.4. The minimum atomic E-state index is -4.05. The molecule has 7 nitrogen and oxygen atoms in total. The highest BCUT2D eigenvalue weighted by atomic mass is 79.9. The molecule has 2 amide bonds. The Morgan fingerprint density at radius 3 is 2.29 bits per heavy atom. The molecule has 0 aliphatic carbocycles. The Balaban J connectivity index is 2.02. The molecule has 3 rings (SSSR count). The number of carbonyl (C=O) groups excluding carboxylic acids is 2. The largest absolute Gasteiger partial charge is 0.357 e. The Bertz CT molecular complexity index is 1300. The predicted molar refractivity (Wildman–Crippen MR) is 140 cm³/mol. The van der Waals surface area contributed by atoms with Gasteiger partial charge in [-0.3, -0.25) is 13.9 Å². The number of hydrogen-bond acceptors (Lipinski definition) is 4. The zero-order chi connectivity index (χ0) is 25.6. The van der Waals surface area contributed by atoms with E-state index in [4.69, 9.17) is 0 Å². The first-order valence-corrected chi connectivity index (χ1v) is 13.3. The summed E-state index contributed by atoms with van der Waals surface area (Å²) in [6.07, 6.45) is 0. The van der Waals surface area contributed by atoms with Crippen molar-refractivity contribution in [2.45, 2.75) is 31.3 Å². The molecule has 35 heavy (non-hydrogen) atoms. The topological polar surface area (TPSA) is 86.8 Å². The number of likely N-dealkylation sites (N-methyl/N-ethyl adjacent to an activating group) is 1. The van der Waals surface area contributed by atoms with Crippen LogP contribution in [-0.2, 0) is 26.2 Å². The first-order valence-electron chi connectivity index (χ1n) is 11.0. The smallest absolute Gasteiger partial charge is 0.264 e. The maximum absolute atomic E-state index is 13.7. The fraction of sp³-hybridized carbons (Fsp3) is 0.231. The lowest BCUT2D eigenvalue weighted by atomic mass is 10.1. The van der Waals surface area contributed by atoms with Gasteiger partial charge in [0.2, 0.25) is 11.8 Å². The summed E-state index contributed by atoms with van der Waals surface area (Å²) in [5.74, 6) is -0.844. The molecule has 0 aliphatic rings. The molecule has 1 N–H and O–H groups in total. The molecule has 3 aromatic carbocycles. The average molecular weight is 558 g/mol. The Hall–Kier alpha value is -3.17. The monoisotopic (exact) mass is 557 g/mol. The van der Waals surface area contributed by atoms with E-state index >= 15 is 0 Å². The van der Waals surface area contributed by atoms with E-state index in [2.05, 4.69) is 21.2 Å². The molecular formula is C26H28BrN3O4S. The van der Waals surface area contributed by atoms with E-state index in [1.807, 2.05) is 37.3 Å². The number of hydrogen-bond donors (Lipinski definition) is 1. The van der Waals surface area contributed by atoms with Crippen LogP contribution in [0.4, 0.5) is 5.69 Å². The van der Waals surface area contributed by atoms with Crippen LogP contribution < -0.4 is 9.62 Å². The maximum atomic E-state index is 13.7. The molecule has 0 saturated heterocycles. The van der Waals surface area contributed by atoms with Crippen molar-refractivity contribution in [3.05, 3.63) is 94.5 Å². The lowest BCUT2D eigenvalue weighted by Crippen LogP contribution is -2.50. The van der Waals surface area contributed by atoms with Crippen molar-refractivity contribution >= 4 is 43.5 Å². The summed E-state index contributed by atoms with van der Waals surface area (Å²) in [5, 5.41) is 2.57. The molecule has 0 fully saturated rings. The van der Waals surface area contributed by atoms with Crippen LogP contribution >= 0.6 is 15.9 Å². The highest BCUT2D eigenvalue weighted by Gasteiger charge is 2.32. The van der Waals surface area contributed by atoms with E-state index in [9.17, 15) is 18.0 Å². The normalized spacial score (nSPS) is 12.0. The van der Waals surface area contributed by atoms with Crippen LogP contribution in [0.2, 0.25) is 0 Å². The van der Waals surface area contributed by atoms with Crippen molar-refractivity contribution in [1.82, 2.24) is 10.2 Å². The summed E-state index contributed by atoms with van der Waals surface area (Å²) in [4.78, 5) is 27.6. The van der Waals surface area contributed by atoms with Gasteiger partial charge in [-0.25, -0.2) is 8.42 Å². The van der Waals surface area contributed by atoms with Crippen LogP contribution in [0, 0.1) is 6.92 Å². The van der Waals surface area contributed by atoms with E-state index in [0.29, 0.717) is 5.69 Å². The van der Waals surface area contributed by atoms with Crippen molar-refractivity contribution in [1.29, 1.82) is 0 Å². The van der Waals surface area contributed by atoms with Gasteiger partial charge in [-0.2, -0.15) is 0 Å². The molecule has 1 atom stereocenters. The zero-order valence-corrected chi connectivity index (χ0v) is 22.2. The van der Waals surface area contributed by atoms with Gasteiger partial charge in [-0.15, -0.1) is 0 Å². The summed E-state index contributed by atoms with van der Waals surface area (Å²) in [6.45, 7) is 3.15. The fourth-order valence-electron chi connectivity index (χ4n) is 3.66. The highest BCUT2D eigenvalue weighted by molar-refractivity contribution is 9.10. The second-order valence-corrected chi connectivity index (χ2v) is 10.9. The number of nitrogens with zero attached hydrogens (tertiary/aromatic N) is 2. The Morgan fingerprint density at radius 1 is 0.971 bits per heavy atom. The van der Waals surface area contributed by atoms with Crippen molar-refractivity contribution in [2.75, 3.05) is 17.9 Å². The van der Waals surface area contributed by atoms with Crippen LogP contribution in [0.15, 0.2) is 88.2 Å². The number of halogens is 1. The quantitative estimate of drug-likeness (QED) is 0.428. The minimum absolute atomic E-state index is 0.0761. The Morgan fingerprint density at radius 2 is 1.66 bits per heavy atom. The lowest BCUT2D eigenvalue weighted by molar-refractivity contribution is -0.139. The molecule has 0 radical (unpaired) electrons. The molecule has 0 bridgehead atoms. The summed E-state index contributed by atoms with van der Waals surface area (Å²) < 4.78 is 29.2. The Kier molecular flexibility index (Phi) is 8.69. The van der Waals surface area contributed by atoms with Crippen LogP contribution in [-0.4, -0.2) is 44.8 Å². The third kappa shape index (κ3) is 6.49. The molecule has 0 spiro atoms. The predicted octanol–water partition coefficient (Wildman–Crippen LogP) is 4.12. The third-order valence-electron chi connectivity index (χ3n) is 5.56. The third-order valence-corrected chi connectivity index (χ3v) is 7.84. The second-order valence-electron chi connectivity index (χ2n) is 8.11. The van der Waals surface area contributed by atoms with Gasteiger partial charge in [0.05, 0.1) is 10.6 Å². The van der Waals surface area contributed by atoms with Crippen LogP contribution in [0.3, 0.4) is 0 Å². The van der Waals surface area contributed by atoms with Crippen LogP contribution in [0.25, 0.3) is 0 Å². The van der Waals surface area contributed by atoms with E-state index in [1.54, 1.807) is 43.3 Å². The van der Waals surface area contributed by atoms with Gasteiger partial charge >= 0.3 is 0 Å². The van der Waals surface area contributed by atoms with E-state index < -0.39 is 28.5 Å². The summed E-state index contributed by atoms with van der Waals surface area (Å²) >= 11 is 3.43. The van der Waals surface area contributed by atoms with Crippen molar-refractivity contribution < 1.29 is 18.0 Å².